The van der Waals surface area contributed by atoms with Crippen LogP contribution in [0.1, 0.15) is 25.1 Å². The fraction of sp³-hybridized carbons (Fsp3) is 0.0698. The fourth-order valence-corrected chi connectivity index (χ4v) is 8.97. The molecule has 47 heavy (non-hydrogen) atoms. The predicted octanol–water partition coefficient (Wildman–Crippen LogP) is 11.6. The molecule has 3 heterocycles. The molecule has 0 N–H and O–H groups in total. The number of benzene rings is 6. The summed E-state index contributed by atoms with van der Waals surface area (Å²) in [7, 11) is 0. The van der Waals surface area contributed by atoms with E-state index in [-0.39, 0.29) is 5.41 Å². The minimum Gasteiger partial charge on any atom is -0.308 e. The Bertz CT molecular complexity index is 2700. The minimum atomic E-state index is -0.230. The van der Waals surface area contributed by atoms with Crippen molar-refractivity contribution in [2.45, 2.75) is 19.3 Å². The van der Waals surface area contributed by atoms with Crippen molar-refractivity contribution in [3.05, 3.63) is 151 Å². The summed E-state index contributed by atoms with van der Waals surface area (Å²) in [6.45, 7) is 4.56. The zero-order valence-electron chi connectivity index (χ0n) is 26.0. The van der Waals surface area contributed by atoms with Gasteiger partial charge in [0.05, 0.1) is 27.1 Å². The molecule has 6 aromatic carbocycles. The highest BCUT2D eigenvalue weighted by Crippen LogP contribution is 2.51. The van der Waals surface area contributed by atoms with Crippen LogP contribution in [0.25, 0.3) is 81.4 Å². The van der Waals surface area contributed by atoms with Crippen molar-refractivity contribution in [2.75, 3.05) is 0 Å². The molecule has 0 unspecified atom stereocenters. The summed E-state index contributed by atoms with van der Waals surface area (Å²) in [6, 6.07) is 50.1. The summed E-state index contributed by atoms with van der Waals surface area (Å²) >= 11 is 1.88. The smallest absolute Gasteiger partial charge is 0.160 e. The Morgan fingerprint density at radius 2 is 1.28 bits per heavy atom. The summed E-state index contributed by atoms with van der Waals surface area (Å²) in [5.41, 5.74) is 11.2. The number of rotatable bonds is 3. The maximum atomic E-state index is 5.32. The number of hydrogen-bond acceptors (Lipinski definition) is 3. The van der Waals surface area contributed by atoms with Crippen LogP contribution in [0.2, 0.25) is 0 Å². The quantitative estimate of drug-likeness (QED) is 0.197. The third-order valence-electron chi connectivity index (χ3n) is 9.98. The first-order valence-corrected chi connectivity index (χ1v) is 16.9. The summed E-state index contributed by atoms with van der Waals surface area (Å²) in [5, 5.41) is 5.17. The standard InChI is InChI=1S/C43H29N3S/c1-43(2)34-17-9-6-16-33(34)37-38(26-12-4-3-5-13-26)44-42(45-41(37)43)27-20-22-28(23-21-27)46-35-18-10-7-14-29(35)31-24-25-32-30-15-8-11-19-36(30)47-40(32)39(31)46/h3-25H,1-2H3. The summed E-state index contributed by atoms with van der Waals surface area (Å²) in [4.78, 5) is 10.6. The van der Waals surface area contributed by atoms with E-state index in [4.69, 9.17) is 9.97 Å². The van der Waals surface area contributed by atoms with Gasteiger partial charge in [-0.3, -0.25) is 0 Å². The van der Waals surface area contributed by atoms with E-state index in [2.05, 4.69) is 158 Å². The van der Waals surface area contributed by atoms with Crippen molar-refractivity contribution in [2.24, 2.45) is 0 Å². The zero-order valence-corrected chi connectivity index (χ0v) is 26.8. The molecule has 0 aliphatic heterocycles. The van der Waals surface area contributed by atoms with Gasteiger partial charge in [0.15, 0.2) is 5.82 Å². The van der Waals surface area contributed by atoms with Crippen LogP contribution in [0.4, 0.5) is 0 Å². The van der Waals surface area contributed by atoms with Gasteiger partial charge < -0.3 is 4.57 Å². The van der Waals surface area contributed by atoms with Crippen LogP contribution >= 0.6 is 11.3 Å². The second-order valence-electron chi connectivity index (χ2n) is 13.0. The summed E-state index contributed by atoms with van der Waals surface area (Å²) < 4.78 is 5.07. The van der Waals surface area contributed by atoms with E-state index >= 15 is 0 Å². The number of aromatic nitrogens is 3. The van der Waals surface area contributed by atoms with Crippen molar-refractivity contribution >= 4 is 53.3 Å². The van der Waals surface area contributed by atoms with Gasteiger partial charge in [0.1, 0.15) is 0 Å². The Hall–Kier alpha value is -5.58. The monoisotopic (exact) mass is 619 g/mol. The van der Waals surface area contributed by atoms with Crippen LogP contribution in [0.5, 0.6) is 0 Å². The molecule has 0 bridgehead atoms. The predicted molar refractivity (Wildman–Crippen MR) is 198 cm³/mol. The highest BCUT2D eigenvalue weighted by atomic mass is 32.1. The maximum absolute atomic E-state index is 5.32. The zero-order chi connectivity index (χ0) is 31.3. The molecule has 10 rings (SSSR count). The van der Waals surface area contributed by atoms with Gasteiger partial charge in [-0.15, -0.1) is 11.3 Å². The van der Waals surface area contributed by atoms with E-state index in [1.54, 1.807) is 0 Å². The molecule has 0 radical (unpaired) electrons. The van der Waals surface area contributed by atoms with Crippen LogP contribution in [-0.2, 0) is 5.41 Å². The van der Waals surface area contributed by atoms with E-state index < -0.39 is 0 Å². The molecule has 222 valence electrons. The van der Waals surface area contributed by atoms with Gasteiger partial charge in [-0.05, 0) is 47.5 Å². The molecule has 1 aliphatic carbocycles. The Morgan fingerprint density at radius 3 is 2.13 bits per heavy atom. The van der Waals surface area contributed by atoms with Gasteiger partial charge in [0.25, 0.3) is 0 Å². The average molecular weight is 620 g/mol. The molecule has 0 fully saturated rings. The maximum Gasteiger partial charge on any atom is 0.160 e. The van der Waals surface area contributed by atoms with Gasteiger partial charge in [-0.2, -0.15) is 0 Å². The number of hydrogen-bond donors (Lipinski definition) is 0. The van der Waals surface area contributed by atoms with Gasteiger partial charge in [-0.1, -0.05) is 117 Å². The molecule has 9 aromatic rings. The van der Waals surface area contributed by atoms with Crippen LogP contribution in [0.15, 0.2) is 140 Å². The first kappa shape index (κ1) is 26.6. The molecule has 0 saturated heterocycles. The Labute approximate surface area is 276 Å². The molecule has 4 heteroatoms. The van der Waals surface area contributed by atoms with Crippen molar-refractivity contribution in [1.29, 1.82) is 0 Å². The average Bonchev–Trinajstić information content (AvgIpc) is 3.74. The summed E-state index contributed by atoms with van der Waals surface area (Å²) in [6.07, 6.45) is 0. The number of fused-ring (bicyclic) bond motifs is 10. The number of thiophene rings is 1. The lowest BCUT2D eigenvalue weighted by Gasteiger charge is -2.21. The van der Waals surface area contributed by atoms with Crippen molar-refractivity contribution < 1.29 is 0 Å². The highest BCUT2D eigenvalue weighted by Gasteiger charge is 2.39. The third kappa shape index (κ3) is 3.73. The minimum absolute atomic E-state index is 0.230. The Kier molecular flexibility index (Phi) is 5.50. The SMILES string of the molecule is CC1(C)c2ccccc2-c2c(-c3ccccc3)nc(-c3ccc(-n4c5ccccc5c5ccc6c7ccccc7sc6c54)cc3)nc21. The van der Waals surface area contributed by atoms with E-state index in [9.17, 15) is 0 Å². The second kappa shape index (κ2) is 9.71. The normalized spacial score (nSPS) is 13.5. The van der Waals surface area contributed by atoms with Crippen LogP contribution in [-0.4, -0.2) is 14.5 Å². The highest BCUT2D eigenvalue weighted by molar-refractivity contribution is 7.26. The van der Waals surface area contributed by atoms with Crippen molar-refractivity contribution in [3.8, 4) is 39.5 Å². The lowest BCUT2D eigenvalue weighted by atomic mass is 9.85. The van der Waals surface area contributed by atoms with Crippen LogP contribution in [0, 0.1) is 0 Å². The summed E-state index contributed by atoms with van der Waals surface area (Å²) in [5.74, 6) is 0.754. The van der Waals surface area contributed by atoms with E-state index in [0.717, 1.165) is 39.6 Å². The lowest BCUT2D eigenvalue weighted by molar-refractivity contribution is 0.636. The number of para-hydroxylation sites is 1. The molecule has 3 nitrogen and oxygen atoms in total. The number of nitrogens with zero attached hydrogens (tertiary/aromatic N) is 3. The third-order valence-corrected chi connectivity index (χ3v) is 11.2. The second-order valence-corrected chi connectivity index (χ2v) is 14.0. The van der Waals surface area contributed by atoms with Crippen molar-refractivity contribution in [3.63, 3.8) is 0 Å². The molecular weight excluding hydrogens is 591 g/mol. The molecule has 3 aromatic heterocycles. The fourth-order valence-electron chi connectivity index (χ4n) is 7.73. The lowest BCUT2D eigenvalue weighted by Crippen LogP contribution is -2.17. The molecular formula is C43H29N3S. The van der Waals surface area contributed by atoms with Gasteiger partial charge >= 0.3 is 0 Å². The topological polar surface area (TPSA) is 30.7 Å². The molecule has 1 aliphatic rings. The van der Waals surface area contributed by atoms with E-state index in [0.29, 0.717) is 0 Å². The van der Waals surface area contributed by atoms with Gasteiger partial charge in [0.2, 0.25) is 0 Å². The van der Waals surface area contributed by atoms with E-state index in [1.807, 2.05) is 11.3 Å². The van der Waals surface area contributed by atoms with Crippen LogP contribution < -0.4 is 0 Å². The molecule has 0 spiro atoms. The largest absolute Gasteiger partial charge is 0.308 e. The first-order valence-electron chi connectivity index (χ1n) is 16.1. The molecule has 0 saturated carbocycles. The molecule has 0 atom stereocenters. The molecule has 0 amide bonds. The van der Waals surface area contributed by atoms with Gasteiger partial charge in [-0.25, -0.2) is 9.97 Å². The Morgan fingerprint density at radius 1 is 0.574 bits per heavy atom. The van der Waals surface area contributed by atoms with Crippen LogP contribution in [0.3, 0.4) is 0 Å². The first-order chi connectivity index (χ1) is 23.1. The van der Waals surface area contributed by atoms with Crippen molar-refractivity contribution in [1.82, 2.24) is 14.5 Å². The van der Waals surface area contributed by atoms with Gasteiger partial charge in [0, 0.05) is 54.0 Å². The van der Waals surface area contributed by atoms with E-state index in [1.165, 1.54) is 53.1 Å². The Balaban J connectivity index is 1.18.